The van der Waals surface area contributed by atoms with Crippen LogP contribution in [-0.2, 0) is 4.79 Å². The van der Waals surface area contributed by atoms with Crippen molar-refractivity contribution >= 4 is 6.79 Å². The van der Waals surface area contributed by atoms with Crippen molar-refractivity contribution in [1.82, 2.24) is 4.90 Å². The van der Waals surface area contributed by atoms with Crippen LogP contribution in [0.1, 0.15) is 26.7 Å². The fourth-order valence-corrected chi connectivity index (χ4v) is 0.875. The maximum atomic E-state index is 8.00. The van der Waals surface area contributed by atoms with E-state index in [0.29, 0.717) is 0 Å². The molecule has 0 N–H and O–H groups in total. The third kappa shape index (κ3) is 10.6. The molecule has 0 bridgehead atoms. The van der Waals surface area contributed by atoms with Crippen LogP contribution in [0.15, 0.2) is 0 Å². The van der Waals surface area contributed by atoms with Crippen LogP contribution in [0.25, 0.3) is 0 Å². The van der Waals surface area contributed by atoms with Crippen LogP contribution in [0.4, 0.5) is 0 Å². The van der Waals surface area contributed by atoms with Gasteiger partial charge in [0, 0.05) is 0 Å². The summed E-state index contributed by atoms with van der Waals surface area (Å²) in [6, 6.07) is 0. The van der Waals surface area contributed by atoms with Gasteiger partial charge in [-0.15, -0.1) is 0 Å². The summed E-state index contributed by atoms with van der Waals surface area (Å²) < 4.78 is 0. The van der Waals surface area contributed by atoms with Crippen LogP contribution in [0.2, 0.25) is 0 Å². The lowest BCUT2D eigenvalue weighted by Gasteiger charge is -2.12. The zero-order valence-electron chi connectivity index (χ0n) is 7.39. The fraction of sp³-hybridized carbons (Fsp3) is 0.875. The highest BCUT2D eigenvalue weighted by molar-refractivity contribution is 5.10. The van der Waals surface area contributed by atoms with Gasteiger partial charge in [-0.1, -0.05) is 13.8 Å². The first-order valence-electron chi connectivity index (χ1n) is 3.78. The highest BCUT2D eigenvalue weighted by Crippen LogP contribution is 1.86. The normalized spacial score (nSPS) is 8.80. The molecule has 2 heteroatoms. The number of nitrogens with zero attached hydrogens (tertiary/aromatic N) is 1. The van der Waals surface area contributed by atoms with E-state index < -0.39 is 0 Å². The molecule has 0 atom stereocenters. The Balaban J connectivity index is 0. The van der Waals surface area contributed by atoms with Gasteiger partial charge in [0.2, 0.25) is 0 Å². The van der Waals surface area contributed by atoms with Crippen LogP contribution in [0.3, 0.4) is 0 Å². The Morgan fingerprint density at radius 2 is 1.40 bits per heavy atom. The molecule has 62 valence electrons. The van der Waals surface area contributed by atoms with Crippen molar-refractivity contribution in [3.63, 3.8) is 0 Å². The van der Waals surface area contributed by atoms with Crippen LogP contribution in [-0.4, -0.2) is 31.8 Å². The smallest absolute Gasteiger partial charge is 0.106 e. The molecule has 0 aliphatic heterocycles. The molecule has 0 rings (SSSR count). The molecule has 0 aliphatic carbocycles. The molecule has 0 unspecified atom stereocenters. The van der Waals surface area contributed by atoms with Crippen LogP contribution >= 0.6 is 0 Å². The standard InChI is InChI=1S/C7H17N.CH2O/c1-4-6-8(3)7-5-2;1-2/h4-7H2,1-3H3;1H2. The SMILES string of the molecule is C=O.CCCN(C)CCC. The average molecular weight is 145 g/mol. The van der Waals surface area contributed by atoms with Gasteiger partial charge in [-0.25, -0.2) is 0 Å². The van der Waals surface area contributed by atoms with Crippen LogP contribution in [0.5, 0.6) is 0 Å². The molecule has 0 aromatic carbocycles. The summed E-state index contributed by atoms with van der Waals surface area (Å²) in [5.74, 6) is 0. The summed E-state index contributed by atoms with van der Waals surface area (Å²) >= 11 is 0. The van der Waals surface area contributed by atoms with Crippen molar-refractivity contribution in [3.8, 4) is 0 Å². The molecule has 0 fully saturated rings. The molecule has 0 amide bonds. The molecule has 0 saturated heterocycles. The predicted octanol–water partition coefficient (Wildman–Crippen LogP) is 1.55. The lowest BCUT2D eigenvalue weighted by Crippen LogP contribution is -2.19. The summed E-state index contributed by atoms with van der Waals surface area (Å²) in [5, 5.41) is 0. The predicted molar refractivity (Wildman–Crippen MR) is 45.2 cm³/mol. The minimum absolute atomic E-state index is 1.24. The lowest BCUT2D eigenvalue weighted by atomic mass is 10.4. The first-order chi connectivity index (χ1) is 4.81. The summed E-state index contributed by atoms with van der Waals surface area (Å²) in [4.78, 5) is 10.4. The molecule has 0 saturated carbocycles. The van der Waals surface area contributed by atoms with Gasteiger partial charge in [-0.2, -0.15) is 0 Å². The third-order valence-electron chi connectivity index (χ3n) is 1.21. The van der Waals surface area contributed by atoms with Crippen molar-refractivity contribution in [1.29, 1.82) is 0 Å². The van der Waals surface area contributed by atoms with E-state index in [0.717, 1.165) is 0 Å². The summed E-state index contributed by atoms with van der Waals surface area (Å²) in [6.07, 6.45) is 2.55. The second-order valence-corrected chi connectivity index (χ2v) is 2.30. The van der Waals surface area contributed by atoms with E-state index >= 15 is 0 Å². The van der Waals surface area contributed by atoms with E-state index in [1.165, 1.54) is 25.9 Å². The molecule has 0 radical (unpaired) electrons. The minimum Gasteiger partial charge on any atom is -0.307 e. The van der Waals surface area contributed by atoms with E-state index in [1.54, 1.807) is 0 Å². The number of carbonyl (C=O) groups excluding carboxylic acids is 1. The molecule has 0 aromatic rings. The van der Waals surface area contributed by atoms with Gasteiger partial charge in [0.25, 0.3) is 0 Å². The summed E-state index contributed by atoms with van der Waals surface area (Å²) in [5.41, 5.74) is 0. The monoisotopic (exact) mass is 145 g/mol. The van der Waals surface area contributed by atoms with E-state index in [-0.39, 0.29) is 0 Å². The van der Waals surface area contributed by atoms with Crippen molar-refractivity contribution in [2.24, 2.45) is 0 Å². The van der Waals surface area contributed by atoms with Crippen LogP contribution < -0.4 is 0 Å². The topological polar surface area (TPSA) is 20.3 Å². The van der Waals surface area contributed by atoms with Gasteiger partial charge in [-0.3, -0.25) is 0 Å². The van der Waals surface area contributed by atoms with Gasteiger partial charge in [-0.05, 0) is 33.0 Å². The number of rotatable bonds is 4. The fourth-order valence-electron chi connectivity index (χ4n) is 0.875. The Morgan fingerprint density at radius 3 is 1.60 bits per heavy atom. The molecule has 10 heavy (non-hydrogen) atoms. The Hall–Kier alpha value is -0.370. The Kier molecular flexibility index (Phi) is 14.1. The second-order valence-electron chi connectivity index (χ2n) is 2.30. The first-order valence-corrected chi connectivity index (χ1v) is 3.78. The zero-order valence-corrected chi connectivity index (χ0v) is 7.39. The third-order valence-corrected chi connectivity index (χ3v) is 1.21. The quantitative estimate of drug-likeness (QED) is 0.598. The van der Waals surface area contributed by atoms with Crippen molar-refractivity contribution < 1.29 is 4.79 Å². The van der Waals surface area contributed by atoms with E-state index in [9.17, 15) is 0 Å². The number of carbonyl (C=O) groups is 1. The highest BCUT2D eigenvalue weighted by Gasteiger charge is 1.90. The number of hydrogen-bond donors (Lipinski definition) is 0. The van der Waals surface area contributed by atoms with Gasteiger partial charge in [0.05, 0.1) is 0 Å². The Morgan fingerprint density at radius 1 is 1.10 bits per heavy atom. The Labute approximate surface area is 64.2 Å². The Bertz CT molecular complexity index is 51.2. The molecule has 0 spiro atoms. The van der Waals surface area contributed by atoms with Gasteiger partial charge in [0.1, 0.15) is 6.79 Å². The molecule has 2 nitrogen and oxygen atoms in total. The molecule has 0 aliphatic rings. The molecular formula is C8H19NO. The maximum absolute atomic E-state index is 8.00. The van der Waals surface area contributed by atoms with Gasteiger partial charge in [0.15, 0.2) is 0 Å². The second kappa shape index (κ2) is 11.4. The van der Waals surface area contributed by atoms with Gasteiger partial charge < -0.3 is 9.69 Å². The minimum atomic E-state index is 1.24. The number of hydrogen-bond acceptors (Lipinski definition) is 2. The summed E-state index contributed by atoms with van der Waals surface area (Å²) in [7, 11) is 2.17. The van der Waals surface area contributed by atoms with Crippen molar-refractivity contribution in [2.75, 3.05) is 20.1 Å². The molecule has 0 aromatic heterocycles. The van der Waals surface area contributed by atoms with Gasteiger partial charge >= 0.3 is 0 Å². The first kappa shape index (κ1) is 12.3. The van der Waals surface area contributed by atoms with Crippen LogP contribution in [0, 0.1) is 0 Å². The summed E-state index contributed by atoms with van der Waals surface area (Å²) in [6.45, 7) is 8.92. The molecule has 0 heterocycles. The van der Waals surface area contributed by atoms with E-state index in [2.05, 4.69) is 25.8 Å². The van der Waals surface area contributed by atoms with Crippen molar-refractivity contribution in [3.05, 3.63) is 0 Å². The zero-order chi connectivity index (χ0) is 8.41. The lowest BCUT2D eigenvalue weighted by molar-refractivity contribution is -0.0979. The van der Waals surface area contributed by atoms with E-state index in [4.69, 9.17) is 4.79 Å². The largest absolute Gasteiger partial charge is 0.307 e. The highest BCUT2D eigenvalue weighted by atomic mass is 16.1. The van der Waals surface area contributed by atoms with E-state index in [1.807, 2.05) is 6.79 Å². The maximum Gasteiger partial charge on any atom is 0.106 e. The van der Waals surface area contributed by atoms with Crippen molar-refractivity contribution in [2.45, 2.75) is 26.7 Å². The molecular weight excluding hydrogens is 126 g/mol. The average Bonchev–Trinajstić information content (AvgIpc) is 1.93.